The van der Waals surface area contributed by atoms with Crippen molar-refractivity contribution in [1.29, 1.82) is 0 Å². The summed E-state index contributed by atoms with van der Waals surface area (Å²) in [6, 6.07) is 0.839. The lowest BCUT2D eigenvalue weighted by Gasteiger charge is -2.17. The third kappa shape index (κ3) is 2.68. The highest BCUT2D eigenvalue weighted by atomic mass is 16.5. The third-order valence-electron chi connectivity index (χ3n) is 2.86. The maximum Gasteiger partial charge on any atom is 0.305 e. The molecule has 1 aromatic rings. The van der Waals surface area contributed by atoms with E-state index in [1.165, 1.54) is 7.11 Å². The monoisotopic (exact) mass is 239 g/mol. The molecule has 0 aliphatic rings. The van der Waals surface area contributed by atoms with Crippen molar-refractivity contribution in [1.82, 2.24) is 0 Å². The van der Waals surface area contributed by atoms with Gasteiger partial charge in [0.1, 0.15) is 11.5 Å². The number of hydrogen-bond acceptors (Lipinski definition) is 4. The lowest BCUT2D eigenvalue weighted by atomic mass is 9.97. The van der Waals surface area contributed by atoms with Crippen molar-refractivity contribution in [2.24, 2.45) is 5.73 Å². The van der Waals surface area contributed by atoms with Crippen molar-refractivity contribution in [3.8, 4) is 11.5 Å². The van der Waals surface area contributed by atoms with Gasteiger partial charge in [0, 0.05) is 11.6 Å². The first-order valence-electron chi connectivity index (χ1n) is 5.22. The molecule has 0 fully saturated rings. The number of hydrogen-bond donors (Lipinski definition) is 3. The van der Waals surface area contributed by atoms with Gasteiger partial charge in [0.05, 0.1) is 13.5 Å². The third-order valence-corrected chi connectivity index (χ3v) is 2.86. The molecular formula is C12H17NO4. The van der Waals surface area contributed by atoms with Crippen LogP contribution >= 0.6 is 0 Å². The molecule has 4 N–H and O–H groups in total. The Hall–Kier alpha value is -1.75. The van der Waals surface area contributed by atoms with E-state index in [9.17, 15) is 9.90 Å². The molecule has 1 rings (SSSR count). The van der Waals surface area contributed by atoms with Gasteiger partial charge in [-0.1, -0.05) is 0 Å². The van der Waals surface area contributed by atoms with Crippen molar-refractivity contribution < 1.29 is 19.7 Å². The van der Waals surface area contributed by atoms with Crippen LogP contribution in [0.1, 0.15) is 29.2 Å². The second kappa shape index (κ2) is 5.05. The predicted octanol–water partition coefficient (Wildman–Crippen LogP) is 1.49. The summed E-state index contributed by atoms with van der Waals surface area (Å²) in [7, 11) is 1.52. The number of phenolic OH excluding ortho intramolecular Hbond substituents is 1. The molecule has 5 nitrogen and oxygen atoms in total. The lowest BCUT2D eigenvalue weighted by Crippen LogP contribution is -2.15. The Kier molecular flexibility index (Phi) is 3.96. The van der Waals surface area contributed by atoms with Crippen LogP contribution in [0.25, 0.3) is 0 Å². The zero-order chi connectivity index (χ0) is 13.2. The van der Waals surface area contributed by atoms with E-state index < -0.39 is 12.0 Å². The summed E-state index contributed by atoms with van der Waals surface area (Å²) in [6.45, 7) is 3.56. The van der Waals surface area contributed by atoms with Crippen LogP contribution in [0.2, 0.25) is 0 Å². The van der Waals surface area contributed by atoms with E-state index in [-0.39, 0.29) is 12.2 Å². The largest absolute Gasteiger partial charge is 0.507 e. The van der Waals surface area contributed by atoms with E-state index in [1.54, 1.807) is 13.0 Å². The van der Waals surface area contributed by atoms with Crippen molar-refractivity contribution in [3.05, 3.63) is 22.8 Å². The Balaban J connectivity index is 3.24. The Bertz CT molecular complexity index is 443. The molecule has 1 aromatic carbocycles. The predicted molar refractivity (Wildman–Crippen MR) is 63.3 cm³/mol. The van der Waals surface area contributed by atoms with E-state index in [4.69, 9.17) is 15.6 Å². The average molecular weight is 239 g/mol. The molecule has 0 heterocycles. The molecule has 0 aromatic heterocycles. The van der Waals surface area contributed by atoms with Crippen LogP contribution in [0.3, 0.4) is 0 Å². The molecule has 0 radical (unpaired) electrons. The molecule has 17 heavy (non-hydrogen) atoms. The maximum absolute atomic E-state index is 10.6. The standard InChI is InChI=1S/C12H17NO4/c1-6-7(2)12(16)8(4-10(6)17-3)9(13)5-11(14)15/h4,9,16H,5,13H2,1-3H3,(H,14,15). The zero-order valence-corrected chi connectivity index (χ0v) is 10.2. The Morgan fingerprint density at radius 2 is 2.06 bits per heavy atom. The normalized spacial score (nSPS) is 12.2. The summed E-state index contributed by atoms with van der Waals surface area (Å²) in [5.74, 6) is -0.373. The molecule has 0 amide bonds. The Morgan fingerprint density at radius 3 is 2.53 bits per heavy atom. The molecule has 1 atom stereocenters. The van der Waals surface area contributed by atoms with Gasteiger partial charge in [-0.3, -0.25) is 4.79 Å². The Morgan fingerprint density at radius 1 is 1.47 bits per heavy atom. The minimum absolute atomic E-state index is 0.0389. The number of carboxylic acid groups (broad SMARTS) is 1. The van der Waals surface area contributed by atoms with Crippen LogP contribution in [0.15, 0.2) is 6.07 Å². The first-order chi connectivity index (χ1) is 7.88. The van der Waals surface area contributed by atoms with Crippen LogP contribution in [0.5, 0.6) is 11.5 Å². The SMILES string of the molecule is COc1cc(C(N)CC(=O)O)c(O)c(C)c1C. The number of rotatable bonds is 4. The summed E-state index contributed by atoms with van der Waals surface area (Å²) in [4.78, 5) is 10.6. The molecule has 0 bridgehead atoms. The number of carbonyl (C=O) groups is 1. The van der Waals surface area contributed by atoms with Gasteiger partial charge in [-0.25, -0.2) is 0 Å². The maximum atomic E-state index is 10.6. The second-order valence-corrected chi connectivity index (χ2v) is 3.97. The summed E-state index contributed by atoms with van der Waals surface area (Å²) >= 11 is 0. The summed E-state index contributed by atoms with van der Waals surface area (Å²) < 4.78 is 5.16. The molecule has 0 aliphatic carbocycles. The molecule has 0 aliphatic heterocycles. The zero-order valence-electron chi connectivity index (χ0n) is 10.2. The van der Waals surface area contributed by atoms with Gasteiger partial charge in [-0.05, 0) is 31.0 Å². The summed E-state index contributed by atoms with van der Waals surface area (Å²) in [6.07, 6.45) is -0.237. The van der Waals surface area contributed by atoms with E-state index in [0.29, 0.717) is 16.9 Å². The Labute approximate surface area is 99.8 Å². The fourth-order valence-corrected chi connectivity index (χ4v) is 1.69. The number of benzene rings is 1. The number of ether oxygens (including phenoxy) is 1. The number of aromatic hydroxyl groups is 1. The van der Waals surface area contributed by atoms with Crippen molar-refractivity contribution in [3.63, 3.8) is 0 Å². The van der Waals surface area contributed by atoms with E-state index >= 15 is 0 Å². The van der Waals surface area contributed by atoms with E-state index in [0.717, 1.165) is 5.56 Å². The number of carboxylic acids is 1. The molecule has 5 heteroatoms. The minimum Gasteiger partial charge on any atom is -0.507 e. The highest BCUT2D eigenvalue weighted by Crippen LogP contribution is 2.35. The van der Waals surface area contributed by atoms with Gasteiger partial charge in [-0.15, -0.1) is 0 Å². The van der Waals surface area contributed by atoms with Crippen LogP contribution in [-0.4, -0.2) is 23.3 Å². The second-order valence-electron chi connectivity index (χ2n) is 3.97. The van der Waals surface area contributed by atoms with Gasteiger partial charge < -0.3 is 20.7 Å². The number of phenols is 1. The molecule has 0 saturated carbocycles. The highest BCUT2D eigenvalue weighted by Gasteiger charge is 2.19. The molecule has 1 unspecified atom stereocenters. The van der Waals surface area contributed by atoms with Crippen LogP contribution < -0.4 is 10.5 Å². The molecule has 94 valence electrons. The number of methoxy groups -OCH3 is 1. The van der Waals surface area contributed by atoms with Crippen LogP contribution in [0, 0.1) is 13.8 Å². The van der Waals surface area contributed by atoms with Gasteiger partial charge >= 0.3 is 5.97 Å². The van der Waals surface area contributed by atoms with Crippen molar-refractivity contribution >= 4 is 5.97 Å². The van der Waals surface area contributed by atoms with E-state index in [1.807, 2.05) is 6.92 Å². The quantitative estimate of drug-likeness (QED) is 0.740. The van der Waals surface area contributed by atoms with Gasteiger partial charge in [0.15, 0.2) is 0 Å². The fourth-order valence-electron chi connectivity index (χ4n) is 1.69. The topological polar surface area (TPSA) is 92.8 Å². The molecule has 0 saturated heterocycles. The number of nitrogens with two attached hydrogens (primary N) is 1. The van der Waals surface area contributed by atoms with E-state index in [2.05, 4.69) is 0 Å². The van der Waals surface area contributed by atoms with Crippen LogP contribution in [0.4, 0.5) is 0 Å². The fraction of sp³-hybridized carbons (Fsp3) is 0.417. The smallest absolute Gasteiger partial charge is 0.305 e. The highest BCUT2D eigenvalue weighted by molar-refractivity contribution is 5.68. The first-order valence-corrected chi connectivity index (χ1v) is 5.22. The average Bonchev–Trinajstić information content (AvgIpc) is 2.25. The lowest BCUT2D eigenvalue weighted by molar-refractivity contribution is -0.137. The summed E-state index contributed by atoms with van der Waals surface area (Å²) in [5, 5.41) is 18.6. The van der Waals surface area contributed by atoms with Gasteiger partial charge in [-0.2, -0.15) is 0 Å². The minimum atomic E-state index is -1.01. The van der Waals surface area contributed by atoms with Gasteiger partial charge in [0.25, 0.3) is 0 Å². The van der Waals surface area contributed by atoms with Crippen molar-refractivity contribution in [2.45, 2.75) is 26.3 Å². The van der Waals surface area contributed by atoms with Crippen molar-refractivity contribution in [2.75, 3.05) is 7.11 Å². The summed E-state index contributed by atoms with van der Waals surface area (Å²) in [5.41, 5.74) is 7.61. The first kappa shape index (κ1) is 13.3. The van der Waals surface area contributed by atoms with Gasteiger partial charge in [0.2, 0.25) is 0 Å². The molecular weight excluding hydrogens is 222 g/mol. The van der Waals surface area contributed by atoms with Crippen LogP contribution in [-0.2, 0) is 4.79 Å². The molecule has 0 spiro atoms. The number of aliphatic carboxylic acids is 1.